The van der Waals surface area contributed by atoms with Gasteiger partial charge < -0.3 is 23.2 Å². The summed E-state index contributed by atoms with van der Waals surface area (Å²) >= 11 is 0. The molecule has 0 N–H and O–H groups in total. The lowest BCUT2D eigenvalue weighted by molar-refractivity contribution is -0.870. The van der Waals surface area contributed by atoms with Crippen LogP contribution in [0.2, 0.25) is 0 Å². The topological polar surface area (TPSA) is 84.9 Å². The van der Waals surface area contributed by atoms with Crippen LogP contribution in [-0.4, -0.2) is 77.4 Å². The summed E-state index contributed by atoms with van der Waals surface area (Å²) in [4.78, 5) is -0.178. The van der Waals surface area contributed by atoms with Gasteiger partial charge in [-0.3, -0.25) is 0 Å². The molecule has 1 aromatic carbocycles. The van der Waals surface area contributed by atoms with Crippen LogP contribution in [0.1, 0.15) is 141 Å². The number of hydrogen-bond acceptors (Lipinski definition) is 6. The van der Waals surface area contributed by atoms with Crippen LogP contribution < -0.4 is 0 Å². The quantitative estimate of drug-likeness (QED) is 0.0562. The van der Waals surface area contributed by atoms with Crippen molar-refractivity contribution in [2.24, 2.45) is 0 Å². The van der Waals surface area contributed by atoms with Gasteiger partial charge in [-0.1, -0.05) is 121 Å². The van der Waals surface area contributed by atoms with Crippen LogP contribution in [0.15, 0.2) is 29.2 Å². The molecule has 0 amide bonds. The standard InChI is InChI=1S/C30H62NO3.C7H8O3S/c1-5-6-7-8-9-10-11-12-13-14-15-16-17-18-21-24-30-33-28-29(34-30)27-32-26-23-20-19-22-25-31(2,3)4;1-6-2-4-7(5-3-6)11(8,9)10/h29-30H,5-28H2,1-4H3;2-5H,1H3,(H,8,9,10)/q+1;/p-1. The Labute approximate surface area is 278 Å². The molecule has 8 heteroatoms. The molecule has 2 unspecified atom stereocenters. The van der Waals surface area contributed by atoms with Crippen LogP contribution in [-0.2, 0) is 24.3 Å². The molecular weight excluding hydrogens is 586 g/mol. The Morgan fingerprint density at radius 1 is 0.756 bits per heavy atom. The molecule has 1 heterocycles. The highest BCUT2D eigenvalue weighted by molar-refractivity contribution is 7.85. The summed E-state index contributed by atoms with van der Waals surface area (Å²) in [5, 5.41) is 0. The minimum Gasteiger partial charge on any atom is -0.744 e. The first-order valence-electron chi connectivity index (χ1n) is 18.2. The molecule has 0 aliphatic carbocycles. The minimum absolute atomic E-state index is 0.00564. The van der Waals surface area contributed by atoms with Gasteiger partial charge in [-0.25, -0.2) is 8.42 Å². The van der Waals surface area contributed by atoms with Crippen molar-refractivity contribution in [2.75, 3.05) is 47.5 Å². The van der Waals surface area contributed by atoms with Gasteiger partial charge in [0.1, 0.15) is 16.2 Å². The summed E-state index contributed by atoms with van der Waals surface area (Å²) in [6, 6.07) is 5.78. The molecule has 0 saturated carbocycles. The Hall–Kier alpha value is -1.03. The minimum atomic E-state index is -4.27. The maximum atomic E-state index is 10.4. The van der Waals surface area contributed by atoms with Crippen molar-refractivity contribution in [2.45, 2.75) is 160 Å². The van der Waals surface area contributed by atoms with Gasteiger partial charge >= 0.3 is 0 Å². The summed E-state index contributed by atoms with van der Waals surface area (Å²) in [7, 11) is 2.52. The van der Waals surface area contributed by atoms with Gasteiger partial charge in [0.2, 0.25) is 0 Å². The van der Waals surface area contributed by atoms with E-state index in [1.807, 2.05) is 6.92 Å². The lowest BCUT2D eigenvalue weighted by Crippen LogP contribution is -2.35. The summed E-state index contributed by atoms with van der Waals surface area (Å²) in [5.41, 5.74) is 0.928. The van der Waals surface area contributed by atoms with Crippen LogP contribution in [0.4, 0.5) is 0 Å². The molecule has 2 atom stereocenters. The first-order valence-corrected chi connectivity index (χ1v) is 19.6. The fourth-order valence-electron chi connectivity index (χ4n) is 5.49. The molecule has 45 heavy (non-hydrogen) atoms. The Balaban J connectivity index is 0.000000768. The van der Waals surface area contributed by atoms with E-state index in [1.165, 1.54) is 134 Å². The third-order valence-electron chi connectivity index (χ3n) is 8.34. The highest BCUT2D eigenvalue weighted by atomic mass is 32.2. The molecular formula is C37H69NO6S. The second-order valence-electron chi connectivity index (χ2n) is 14.0. The van der Waals surface area contributed by atoms with Gasteiger partial charge in [0.15, 0.2) is 6.29 Å². The molecule has 0 radical (unpaired) electrons. The third kappa shape index (κ3) is 25.7. The summed E-state index contributed by atoms with van der Waals surface area (Å²) in [6.45, 7) is 7.62. The number of benzene rings is 1. The highest BCUT2D eigenvalue weighted by Gasteiger charge is 2.25. The van der Waals surface area contributed by atoms with Crippen molar-refractivity contribution in [3.63, 3.8) is 0 Å². The van der Waals surface area contributed by atoms with Crippen molar-refractivity contribution in [1.29, 1.82) is 0 Å². The zero-order chi connectivity index (χ0) is 33.2. The van der Waals surface area contributed by atoms with Crippen LogP contribution in [0.5, 0.6) is 0 Å². The van der Waals surface area contributed by atoms with E-state index in [-0.39, 0.29) is 17.3 Å². The Kier molecular flexibility index (Phi) is 24.2. The second-order valence-corrected chi connectivity index (χ2v) is 15.4. The summed E-state index contributed by atoms with van der Waals surface area (Å²) in [6.07, 6.45) is 27.3. The predicted molar refractivity (Wildman–Crippen MR) is 185 cm³/mol. The van der Waals surface area contributed by atoms with Crippen LogP contribution in [0.3, 0.4) is 0 Å². The maximum Gasteiger partial charge on any atom is 0.158 e. The fraction of sp³-hybridized carbons (Fsp3) is 0.838. The van der Waals surface area contributed by atoms with Crippen LogP contribution >= 0.6 is 0 Å². The second kappa shape index (κ2) is 26.0. The smallest absolute Gasteiger partial charge is 0.158 e. The Bertz CT molecular complexity index is 916. The molecule has 1 aliphatic heterocycles. The zero-order valence-electron chi connectivity index (χ0n) is 29.7. The van der Waals surface area contributed by atoms with Gasteiger partial charge in [-0.15, -0.1) is 0 Å². The van der Waals surface area contributed by atoms with E-state index >= 15 is 0 Å². The van der Waals surface area contributed by atoms with Crippen molar-refractivity contribution < 1.29 is 31.7 Å². The number of quaternary nitrogens is 1. The number of rotatable bonds is 26. The lowest BCUT2D eigenvalue weighted by Gasteiger charge is -2.23. The number of aryl methyl sites for hydroxylation is 1. The predicted octanol–water partition coefficient (Wildman–Crippen LogP) is 9.17. The average molecular weight is 656 g/mol. The first-order chi connectivity index (χ1) is 21.5. The molecule has 1 fully saturated rings. The normalized spacial score (nSPS) is 16.9. The Morgan fingerprint density at radius 2 is 1.24 bits per heavy atom. The number of nitrogens with zero attached hydrogens (tertiary/aromatic N) is 1. The molecule has 7 nitrogen and oxygen atoms in total. The van der Waals surface area contributed by atoms with Crippen LogP contribution in [0.25, 0.3) is 0 Å². The summed E-state index contributed by atoms with van der Waals surface area (Å²) in [5.74, 6) is 0. The zero-order valence-corrected chi connectivity index (χ0v) is 30.6. The molecule has 0 bridgehead atoms. The van der Waals surface area contributed by atoms with Gasteiger partial charge in [-0.05, 0) is 51.2 Å². The highest BCUT2D eigenvalue weighted by Crippen LogP contribution is 2.19. The van der Waals surface area contributed by atoms with Gasteiger partial charge in [-0.2, -0.15) is 0 Å². The van der Waals surface area contributed by atoms with E-state index in [1.54, 1.807) is 12.1 Å². The van der Waals surface area contributed by atoms with E-state index < -0.39 is 10.1 Å². The van der Waals surface area contributed by atoms with E-state index in [0.29, 0.717) is 13.2 Å². The first kappa shape index (κ1) is 42.0. The molecule has 2 rings (SSSR count). The van der Waals surface area contributed by atoms with Gasteiger partial charge in [0, 0.05) is 6.61 Å². The largest absolute Gasteiger partial charge is 0.744 e. The summed E-state index contributed by atoms with van der Waals surface area (Å²) < 4.78 is 49.9. The van der Waals surface area contributed by atoms with E-state index in [0.717, 1.165) is 29.5 Å². The molecule has 0 spiro atoms. The molecule has 1 aliphatic rings. The fourth-order valence-corrected chi connectivity index (χ4v) is 5.96. The molecule has 264 valence electrons. The molecule has 0 aromatic heterocycles. The lowest BCUT2D eigenvalue weighted by atomic mass is 10.0. The van der Waals surface area contributed by atoms with Gasteiger partial charge in [0.05, 0.1) is 45.8 Å². The number of ether oxygens (including phenoxy) is 3. The Morgan fingerprint density at radius 3 is 1.76 bits per heavy atom. The van der Waals surface area contributed by atoms with Crippen LogP contribution in [0, 0.1) is 6.92 Å². The van der Waals surface area contributed by atoms with E-state index in [2.05, 4.69) is 28.1 Å². The SMILES string of the molecule is CCCCCCCCCCCCCCCCCC1OCC(COCCCCCC[N+](C)(C)C)O1.Cc1ccc(S(=O)(=O)[O-])cc1. The van der Waals surface area contributed by atoms with E-state index in [9.17, 15) is 13.0 Å². The third-order valence-corrected chi connectivity index (χ3v) is 9.19. The van der Waals surface area contributed by atoms with Crippen molar-refractivity contribution in [1.82, 2.24) is 0 Å². The van der Waals surface area contributed by atoms with Crippen molar-refractivity contribution >= 4 is 10.1 Å². The number of hydrogen-bond donors (Lipinski definition) is 0. The van der Waals surface area contributed by atoms with Gasteiger partial charge in [0.25, 0.3) is 0 Å². The molecule has 1 aromatic rings. The monoisotopic (exact) mass is 655 g/mol. The van der Waals surface area contributed by atoms with E-state index in [4.69, 9.17) is 14.2 Å². The molecule has 1 saturated heterocycles. The average Bonchev–Trinajstić information content (AvgIpc) is 3.43. The maximum absolute atomic E-state index is 10.4. The van der Waals surface area contributed by atoms with Crippen molar-refractivity contribution in [3.8, 4) is 0 Å². The number of unbranched alkanes of at least 4 members (excludes halogenated alkanes) is 17. The van der Waals surface area contributed by atoms with Crippen molar-refractivity contribution in [3.05, 3.63) is 29.8 Å².